The molecule has 2 aliphatic heterocycles. The van der Waals surface area contributed by atoms with Crippen molar-refractivity contribution in [3.8, 4) is 0 Å². The normalized spacial score (nSPS) is 19.7. The van der Waals surface area contributed by atoms with Crippen molar-refractivity contribution in [1.82, 2.24) is 4.90 Å². The monoisotopic (exact) mass is 354 g/mol. The molecule has 4 nitrogen and oxygen atoms in total. The third kappa shape index (κ3) is 3.58. The molecule has 0 aromatic heterocycles. The van der Waals surface area contributed by atoms with E-state index in [1.165, 1.54) is 11.6 Å². The first-order valence-electron chi connectivity index (χ1n) is 9.23. The fourth-order valence-corrected chi connectivity index (χ4v) is 3.86. The summed E-state index contributed by atoms with van der Waals surface area (Å²) in [6, 6.07) is 12.3. The summed E-state index contributed by atoms with van der Waals surface area (Å²) in [5, 5.41) is 3.02. The molecule has 5 heteroatoms. The number of benzene rings is 2. The molecule has 2 heterocycles. The maximum Gasteiger partial charge on any atom is 0.322 e. The molecule has 1 saturated heterocycles. The minimum absolute atomic E-state index is 0.0917. The molecule has 1 N–H and O–H groups in total. The predicted molar refractivity (Wildman–Crippen MR) is 98.3 cm³/mol. The summed E-state index contributed by atoms with van der Waals surface area (Å²) in [5.41, 5.74) is 3.95. The Morgan fingerprint density at radius 2 is 1.96 bits per heavy atom. The number of halogens is 1. The average Bonchev–Trinajstić information content (AvgIpc) is 2.96. The summed E-state index contributed by atoms with van der Waals surface area (Å²) in [7, 11) is 0. The van der Waals surface area contributed by atoms with E-state index in [-0.39, 0.29) is 17.9 Å². The van der Waals surface area contributed by atoms with Gasteiger partial charge in [0.2, 0.25) is 0 Å². The number of hydrogen-bond acceptors (Lipinski definition) is 2. The molecule has 136 valence electrons. The van der Waals surface area contributed by atoms with Crippen molar-refractivity contribution in [2.24, 2.45) is 0 Å². The first-order valence-corrected chi connectivity index (χ1v) is 9.23. The van der Waals surface area contributed by atoms with Gasteiger partial charge in [-0.05, 0) is 53.8 Å². The Hall–Kier alpha value is -2.40. The smallest absolute Gasteiger partial charge is 0.322 e. The zero-order valence-corrected chi connectivity index (χ0v) is 14.7. The van der Waals surface area contributed by atoms with Gasteiger partial charge in [-0.25, -0.2) is 9.18 Å². The Morgan fingerprint density at radius 1 is 1.08 bits per heavy atom. The number of rotatable bonds is 2. The maximum atomic E-state index is 13.7. The molecule has 0 bridgehead atoms. The quantitative estimate of drug-likeness (QED) is 0.824. The van der Waals surface area contributed by atoms with Crippen molar-refractivity contribution in [1.29, 1.82) is 0 Å². The van der Waals surface area contributed by atoms with Crippen molar-refractivity contribution in [3.63, 3.8) is 0 Å². The van der Waals surface area contributed by atoms with Crippen LogP contribution in [0, 0.1) is 5.82 Å². The molecule has 2 amide bonds. The molecular weight excluding hydrogens is 331 g/mol. The highest BCUT2D eigenvalue weighted by Gasteiger charge is 2.27. The van der Waals surface area contributed by atoms with E-state index < -0.39 is 0 Å². The van der Waals surface area contributed by atoms with Crippen molar-refractivity contribution in [2.75, 3.05) is 11.9 Å². The summed E-state index contributed by atoms with van der Waals surface area (Å²) < 4.78 is 19.1. The molecule has 26 heavy (non-hydrogen) atoms. The number of nitrogens with zero attached hydrogens (tertiary/aromatic N) is 1. The Labute approximate surface area is 153 Å². The molecule has 2 aliphatic rings. The molecule has 1 atom stereocenters. The van der Waals surface area contributed by atoms with Crippen molar-refractivity contribution in [2.45, 2.75) is 44.9 Å². The van der Waals surface area contributed by atoms with Gasteiger partial charge in [0.1, 0.15) is 5.82 Å². The van der Waals surface area contributed by atoms with E-state index in [9.17, 15) is 9.18 Å². The number of hydrogen-bond donors (Lipinski definition) is 1. The van der Waals surface area contributed by atoms with Crippen LogP contribution in [0.25, 0.3) is 0 Å². The first kappa shape index (κ1) is 17.0. The number of carbonyl (C=O) groups is 1. The van der Waals surface area contributed by atoms with Gasteiger partial charge in [0.25, 0.3) is 0 Å². The fourth-order valence-electron chi connectivity index (χ4n) is 3.86. The minimum Gasteiger partial charge on any atom is -0.372 e. The summed E-state index contributed by atoms with van der Waals surface area (Å²) in [6.07, 6.45) is 3.96. The Bertz CT molecular complexity index is 808. The fraction of sp³-hybridized carbons (Fsp3) is 0.381. The summed E-state index contributed by atoms with van der Waals surface area (Å²) >= 11 is 0. The maximum absolute atomic E-state index is 13.7. The SMILES string of the molecule is O=C(Nc1ccc2c(c1)COC2)N1CCCCC[C@@H]1c1cccc(F)c1. The van der Waals surface area contributed by atoms with Gasteiger partial charge in [-0.2, -0.15) is 0 Å². The zero-order valence-electron chi connectivity index (χ0n) is 14.7. The summed E-state index contributed by atoms with van der Waals surface area (Å²) in [5.74, 6) is -0.259. The second kappa shape index (κ2) is 7.46. The number of amides is 2. The Morgan fingerprint density at radius 3 is 2.85 bits per heavy atom. The topological polar surface area (TPSA) is 41.6 Å². The van der Waals surface area contributed by atoms with E-state index in [4.69, 9.17) is 4.74 Å². The van der Waals surface area contributed by atoms with Crippen molar-refractivity contribution in [3.05, 3.63) is 65.0 Å². The lowest BCUT2D eigenvalue weighted by molar-refractivity contribution is 0.134. The highest BCUT2D eigenvalue weighted by atomic mass is 19.1. The Kier molecular flexibility index (Phi) is 4.89. The van der Waals surface area contributed by atoms with Crippen LogP contribution in [-0.2, 0) is 18.0 Å². The van der Waals surface area contributed by atoms with E-state index in [1.807, 2.05) is 29.2 Å². The van der Waals surface area contributed by atoms with Gasteiger partial charge in [0, 0.05) is 12.2 Å². The lowest BCUT2D eigenvalue weighted by Crippen LogP contribution is -2.38. The molecule has 0 spiro atoms. The van der Waals surface area contributed by atoms with E-state index in [2.05, 4.69) is 5.32 Å². The highest BCUT2D eigenvalue weighted by Crippen LogP contribution is 2.31. The standard InChI is InChI=1S/C21H23FN2O2/c22-18-6-4-5-15(11-18)20-7-2-1-3-10-24(20)21(25)23-19-9-8-16-13-26-14-17(16)12-19/h4-6,8-9,11-12,20H,1-3,7,10,13-14H2,(H,23,25)/t20-/m1/s1. The summed E-state index contributed by atoms with van der Waals surface area (Å²) in [6.45, 7) is 1.91. The van der Waals surface area contributed by atoms with Gasteiger partial charge in [-0.1, -0.05) is 31.0 Å². The van der Waals surface area contributed by atoms with E-state index in [0.29, 0.717) is 19.8 Å². The number of nitrogens with one attached hydrogen (secondary N) is 1. The van der Waals surface area contributed by atoms with Crippen LogP contribution in [0.5, 0.6) is 0 Å². The van der Waals surface area contributed by atoms with Gasteiger partial charge in [0.05, 0.1) is 19.3 Å². The number of ether oxygens (including phenoxy) is 1. The first-order chi connectivity index (χ1) is 12.7. The lowest BCUT2D eigenvalue weighted by Gasteiger charge is -2.30. The van der Waals surface area contributed by atoms with E-state index in [0.717, 1.165) is 42.5 Å². The van der Waals surface area contributed by atoms with Crippen LogP contribution in [0.3, 0.4) is 0 Å². The summed E-state index contributed by atoms with van der Waals surface area (Å²) in [4.78, 5) is 14.8. The zero-order chi connectivity index (χ0) is 17.9. The largest absolute Gasteiger partial charge is 0.372 e. The number of likely N-dealkylation sites (tertiary alicyclic amines) is 1. The van der Waals surface area contributed by atoms with Gasteiger partial charge in [-0.15, -0.1) is 0 Å². The third-order valence-corrected chi connectivity index (χ3v) is 5.22. The van der Waals surface area contributed by atoms with E-state index >= 15 is 0 Å². The van der Waals surface area contributed by atoms with Crippen LogP contribution < -0.4 is 5.32 Å². The van der Waals surface area contributed by atoms with Crippen LogP contribution in [0.4, 0.5) is 14.9 Å². The minimum atomic E-state index is -0.259. The van der Waals surface area contributed by atoms with Gasteiger partial charge < -0.3 is 15.0 Å². The van der Waals surface area contributed by atoms with Crippen LogP contribution in [0.2, 0.25) is 0 Å². The molecule has 2 aromatic carbocycles. The second-order valence-electron chi connectivity index (χ2n) is 7.02. The molecule has 0 unspecified atom stereocenters. The van der Waals surface area contributed by atoms with Gasteiger partial charge >= 0.3 is 6.03 Å². The Balaban J connectivity index is 1.55. The molecule has 2 aromatic rings. The van der Waals surface area contributed by atoms with Crippen LogP contribution in [-0.4, -0.2) is 17.5 Å². The van der Waals surface area contributed by atoms with Crippen LogP contribution >= 0.6 is 0 Å². The molecule has 1 fully saturated rings. The van der Waals surface area contributed by atoms with Crippen molar-refractivity contribution < 1.29 is 13.9 Å². The lowest BCUT2D eigenvalue weighted by atomic mass is 10.0. The highest BCUT2D eigenvalue weighted by molar-refractivity contribution is 5.89. The molecule has 0 saturated carbocycles. The molecule has 0 aliphatic carbocycles. The van der Waals surface area contributed by atoms with Crippen molar-refractivity contribution >= 4 is 11.7 Å². The van der Waals surface area contributed by atoms with Crippen LogP contribution in [0.1, 0.15) is 48.4 Å². The average molecular weight is 354 g/mol. The number of carbonyl (C=O) groups excluding carboxylic acids is 1. The van der Waals surface area contributed by atoms with E-state index in [1.54, 1.807) is 12.1 Å². The van der Waals surface area contributed by atoms with Crippen LogP contribution in [0.15, 0.2) is 42.5 Å². The second-order valence-corrected chi connectivity index (χ2v) is 7.02. The number of anilines is 1. The predicted octanol–water partition coefficient (Wildman–Crippen LogP) is 5.01. The number of urea groups is 1. The van der Waals surface area contributed by atoms with Gasteiger partial charge in [-0.3, -0.25) is 0 Å². The molecule has 4 rings (SSSR count). The third-order valence-electron chi connectivity index (χ3n) is 5.22. The molecule has 0 radical (unpaired) electrons. The van der Waals surface area contributed by atoms with Gasteiger partial charge in [0.15, 0.2) is 0 Å². The molecular formula is C21H23FN2O2. The number of fused-ring (bicyclic) bond motifs is 1.